The minimum Gasteiger partial charge on any atom is -0.495 e. The van der Waals surface area contributed by atoms with Crippen molar-refractivity contribution >= 4 is 29.1 Å². The minimum atomic E-state index is -0.940. The molecule has 0 radical (unpaired) electrons. The van der Waals surface area contributed by atoms with E-state index in [-0.39, 0.29) is 11.8 Å². The fraction of sp³-hybridized carbons (Fsp3) is 0.556. The van der Waals surface area contributed by atoms with E-state index in [1.165, 1.54) is 7.11 Å². The summed E-state index contributed by atoms with van der Waals surface area (Å²) < 4.78 is 5.27. The third-order valence-electron chi connectivity index (χ3n) is 4.41. The highest BCUT2D eigenvalue weighted by molar-refractivity contribution is 6.31. The van der Waals surface area contributed by atoms with Crippen LogP contribution in [0, 0.1) is 12.3 Å². The van der Waals surface area contributed by atoms with Gasteiger partial charge in [0, 0.05) is 17.6 Å². The summed E-state index contributed by atoms with van der Waals surface area (Å²) in [6, 6.07) is 3.42. The summed E-state index contributed by atoms with van der Waals surface area (Å²) in [7, 11) is 1.52. The number of nitrogens with one attached hydrogen (secondary N) is 2. The lowest BCUT2D eigenvalue weighted by Gasteiger charge is -2.17. The molecular weight excluding hydrogens is 328 g/mol. The number of carbonyl (C=O) groups is 2. The molecule has 1 aromatic carbocycles. The number of halogens is 1. The van der Waals surface area contributed by atoms with Gasteiger partial charge in [0.2, 0.25) is 11.8 Å². The normalized spacial score (nSPS) is 14.8. The summed E-state index contributed by atoms with van der Waals surface area (Å²) in [5.74, 6) is 0.0226. The highest BCUT2D eigenvalue weighted by Crippen LogP contribution is 2.47. The van der Waals surface area contributed by atoms with Gasteiger partial charge >= 0.3 is 0 Å². The van der Waals surface area contributed by atoms with Crippen molar-refractivity contribution in [2.24, 2.45) is 5.41 Å². The van der Waals surface area contributed by atoms with Crippen LogP contribution in [-0.2, 0) is 9.59 Å². The number of hydrogen-bond donors (Lipinski definition) is 2. The van der Waals surface area contributed by atoms with Gasteiger partial charge < -0.3 is 15.4 Å². The zero-order valence-corrected chi connectivity index (χ0v) is 15.3. The Bertz CT molecular complexity index is 627. The highest BCUT2D eigenvalue weighted by Gasteiger charge is 2.56. The zero-order chi connectivity index (χ0) is 17.7. The van der Waals surface area contributed by atoms with Crippen molar-refractivity contribution in [1.82, 2.24) is 5.32 Å². The zero-order valence-electron chi connectivity index (χ0n) is 14.5. The van der Waals surface area contributed by atoms with Gasteiger partial charge in [0.05, 0.1) is 12.8 Å². The van der Waals surface area contributed by atoms with E-state index in [0.717, 1.165) is 24.8 Å². The smallest absolute Gasteiger partial charge is 0.240 e. The molecular formula is C18H25ClN2O3. The number of methoxy groups -OCH3 is 1. The molecule has 132 valence electrons. The van der Waals surface area contributed by atoms with Gasteiger partial charge in [0.25, 0.3) is 0 Å². The second kappa shape index (κ2) is 7.88. The fourth-order valence-electron chi connectivity index (χ4n) is 2.60. The van der Waals surface area contributed by atoms with E-state index >= 15 is 0 Å². The molecule has 0 bridgehead atoms. The molecule has 2 rings (SSSR count). The Morgan fingerprint density at radius 3 is 2.54 bits per heavy atom. The summed E-state index contributed by atoms with van der Waals surface area (Å²) in [4.78, 5) is 25.0. The highest BCUT2D eigenvalue weighted by atomic mass is 35.5. The number of hydrogen-bond acceptors (Lipinski definition) is 3. The Labute approximate surface area is 148 Å². The lowest BCUT2D eigenvalue weighted by atomic mass is 10.0. The van der Waals surface area contributed by atoms with Crippen LogP contribution in [0.4, 0.5) is 5.69 Å². The Morgan fingerprint density at radius 2 is 1.96 bits per heavy atom. The molecule has 0 saturated heterocycles. The van der Waals surface area contributed by atoms with Crippen LogP contribution >= 0.6 is 11.6 Å². The second-order valence-corrected chi connectivity index (χ2v) is 6.71. The summed E-state index contributed by atoms with van der Waals surface area (Å²) in [6.45, 7) is 4.58. The van der Waals surface area contributed by atoms with E-state index in [2.05, 4.69) is 17.6 Å². The predicted octanol–water partition coefficient (Wildman–Crippen LogP) is 3.68. The third-order valence-corrected chi connectivity index (χ3v) is 4.82. The topological polar surface area (TPSA) is 67.4 Å². The van der Waals surface area contributed by atoms with E-state index in [1.807, 2.05) is 6.92 Å². The first-order valence-corrected chi connectivity index (χ1v) is 8.76. The molecule has 1 aliphatic rings. The van der Waals surface area contributed by atoms with Gasteiger partial charge in [-0.3, -0.25) is 9.59 Å². The first-order chi connectivity index (χ1) is 11.4. The van der Waals surface area contributed by atoms with Crippen molar-refractivity contribution in [3.8, 4) is 5.75 Å². The molecule has 6 heteroatoms. The third kappa shape index (κ3) is 4.01. The lowest BCUT2D eigenvalue weighted by molar-refractivity contribution is -0.134. The Hall–Kier alpha value is -1.75. The van der Waals surface area contributed by atoms with Crippen molar-refractivity contribution in [3.63, 3.8) is 0 Å². The van der Waals surface area contributed by atoms with Crippen LogP contribution in [0.1, 0.15) is 44.6 Å². The van der Waals surface area contributed by atoms with Crippen molar-refractivity contribution in [3.05, 3.63) is 22.7 Å². The summed E-state index contributed by atoms with van der Waals surface area (Å²) >= 11 is 6.08. The van der Waals surface area contributed by atoms with Crippen LogP contribution in [0.15, 0.2) is 12.1 Å². The summed E-state index contributed by atoms with van der Waals surface area (Å²) in [5.41, 5.74) is 0.432. The van der Waals surface area contributed by atoms with Crippen LogP contribution in [-0.4, -0.2) is 25.5 Å². The number of rotatable bonds is 8. The maximum absolute atomic E-state index is 12.6. The molecule has 0 spiro atoms. The van der Waals surface area contributed by atoms with Gasteiger partial charge in [0.15, 0.2) is 0 Å². The lowest BCUT2D eigenvalue weighted by Crippen LogP contribution is -2.40. The second-order valence-electron chi connectivity index (χ2n) is 6.30. The number of ether oxygens (including phenoxy) is 1. The van der Waals surface area contributed by atoms with E-state index in [9.17, 15) is 9.59 Å². The number of unbranched alkanes of at least 4 members (excludes halogenated alkanes) is 2. The van der Waals surface area contributed by atoms with Crippen LogP contribution in [0.25, 0.3) is 0 Å². The maximum Gasteiger partial charge on any atom is 0.240 e. The van der Waals surface area contributed by atoms with Gasteiger partial charge in [-0.15, -0.1) is 0 Å². The van der Waals surface area contributed by atoms with Crippen LogP contribution in [0.3, 0.4) is 0 Å². The van der Waals surface area contributed by atoms with Gasteiger partial charge in [0.1, 0.15) is 11.2 Å². The predicted molar refractivity (Wildman–Crippen MR) is 95.6 cm³/mol. The number of benzene rings is 1. The van der Waals surface area contributed by atoms with Crippen molar-refractivity contribution in [1.29, 1.82) is 0 Å². The van der Waals surface area contributed by atoms with Crippen molar-refractivity contribution in [2.75, 3.05) is 19.0 Å². The number of aryl methyl sites for hydroxylation is 1. The molecule has 1 fully saturated rings. The molecule has 0 atom stereocenters. The number of carbonyl (C=O) groups excluding carboxylic acids is 2. The molecule has 1 aliphatic carbocycles. The summed E-state index contributed by atoms with van der Waals surface area (Å²) in [6.07, 6.45) is 4.25. The molecule has 1 saturated carbocycles. The average molecular weight is 353 g/mol. The molecule has 24 heavy (non-hydrogen) atoms. The fourth-order valence-corrected chi connectivity index (χ4v) is 2.75. The Morgan fingerprint density at radius 1 is 1.25 bits per heavy atom. The van der Waals surface area contributed by atoms with Crippen molar-refractivity contribution in [2.45, 2.75) is 46.0 Å². The van der Waals surface area contributed by atoms with E-state index < -0.39 is 5.41 Å². The van der Waals surface area contributed by atoms with Gasteiger partial charge in [-0.05, 0) is 37.8 Å². The number of anilines is 1. The van der Waals surface area contributed by atoms with Crippen LogP contribution in [0.5, 0.6) is 5.75 Å². The maximum atomic E-state index is 12.6. The molecule has 0 unspecified atom stereocenters. The first-order valence-electron chi connectivity index (χ1n) is 8.38. The quantitative estimate of drug-likeness (QED) is 0.554. The minimum absolute atomic E-state index is 0.180. The van der Waals surface area contributed by atoms with Gasteiger partial charge in [-0.2, -0.15) is 0 Å². The molecule has 5 nitrogen and oxygen atoms in total. The molecule has 0 heterocycles. The largest absolute Gasteiger partial charge is 0.495 e. The molecule has 0 aromatic heterocycles. The van der Waals surface area contributed by atoms with Crippen LogP contribution < -0.4 is 15.4 Å². The monoisotopic (exact) mass is 352 g/mol. The van der Waals surface area contributed by atoms with Crippen molar-refractivity contribution < 1.29 is 14.3 Å². The molecule has 2 N–H and O–H groups in total. The molecule has 1 aromatic rings. The standard InChI is InChI=1S/C18H25ClN2O3/c1-4-5-6-9-20-16(22)18(7-8-18)17(23)21-14-10-12(2)13(19)11-15(14)24-3/h10-11H,4-9H2,1-3H3,(H,20,22)(H,21,23). The van der Waals surface area contributed by atoms with E-state index in [4.69, 9.17) is 16.3 Å². The van der Waals surface area contributed by atoms with E-state index in [0.29, 0.717) is 35.8 Å². The molecule has 0 aliphatic heterocycles. The van der Waals surface area contributed by atoms with E-state index in [1.54, 1.807) is 12.1 Å². The Balaban J connectivity index is 2.04. The average Bonchev–Trinajstić information content (AvgIpc) is 3.36. The van der Waals surface area contributed by atoms with Crippen LogP contribution in [0.2, 0.25) is 5.02 Å². The SMILES string of the molecule is CCCCCNC(=O)C1(C(=O)Nc2cc(C)c(Cl)cc2OC)CC1. The van der Waals surface area contributed by atoms with Gasteiger partial charge in [-0.25, -0.2) is 0 Å². The Kier molecular flexibility index (Phi) is 6.10. The van der Waals surface area contributed by atoms with Gasteiger partial charge in [-0.1, -0.05) is 31.4 Å². The summed E-state index contributed by atoms with van der Waals surface area (Å²) in [5, 5.41) is 6.28. The first kappa shape index (κ1) is 18.6. The number of amides is 2. The molecule has 2 amide bonds.